The Bertz CT molecular complexity index is 417. The molecule has 0 aromatic carbocycles. The first-order chi connectivity index (χ1) is 8.36. The van der Waals surface area contributed by atoms with Gasteiger partial charge in [0.15, 0.2) is 0 Å². The van der Waals surface area contributed by atoms with E-state index in [9.17, 15) is 0 Å². The second-order valence-corrected chi connectivity index (χ2v) is 6.66. The fraction of sp³-hybridized carbons (Fsp3) is 0.647. The second kappa shape index (κ2) is 3.60. The van der Waals surface area contributed by atoms with Crippen LogP contribution in [-0.2, 0) is 0 Å². The SMILES string of the molecule is C1=CC2=CC=C3CCC4(CCC4)CC3C2CC1. The minimum Gasteiger partial charge on any atom is -0.0842 e. The lowest BCUT2D eigenvalue weighted by atomic mass is 9.54. The first kappa shape index (κ1) is 10.2. The van der Waals surface area contributed by atoms with Crippen LogP contribution in [0.2, 0.25) is 0 Å². The van der Waals surface area contributed by atoms with Crippen LogP contribution in [0.15, 0.2) is 35.5 Å². The van der Waals surface area contributed by atoms with Gasteiger partial charge >= 0.3 is 0 Å². The molecule has 0 amide bonds. The molecule has 0 N–H and O–H groups in total. The highest BCUT2D eigenvalue weighted by atomic mass is 14.5. The van der Waals surface area contributed by atoms with E-state index in [2.05, 4.69) is 24.3 Å². The van der Waals surface area contributed by atoms with Crippen molar-refractivity contribution in [3.63, 3.8) is 0 Å². The van der Waals surface area contributed by atoms with Gasteiger partial charge < -0.3 is 0 Å². The van der Waals surface area contributed by atoms with Crippen molar-refractivity contribution in [2.24, 2.45) is 17.3 Å². The fourth-order valence-corrected chi connectivity index (χ4v) is 4.63. The number of rotatable bonds is 0. The van der Waals surface area contributed by atoms with E-state index in [4.69, 9.17) is 0 Å². The Labute approximate surface area is 104 Å². The Morgan fingerprint density at radius 3 is 2.82 bits per heavy atom. The second-order valence-electron chi connectivity index (χ2n) is 6.66. The number of fused-ring (bicyclic) bond motifs is 3. The largest absolute Gasteiger partial charge is 0.0842 e. The molecule has 90 valence electrons. The molecular formula is C17H22. The summed E-state index contributed by atoms with van der Waals surface area (Å²) in [6.07, 6.45) is 21.3. The normalized spacial score (nSPS) is 37.6. The molecule has 17 heavy (non-hydrogen) atoms. The molecule has 0 aromatic rings. The first-order valence-corrected chi connectivity index (χ1v) is 7.44. The van der Waals surface area contributed by atoms with Crippen molar-refractivity contribution >= 4 is 0 Å². The zero-order valence-electron chi connectivity index (χ0n) is 10.6. The molecule has 0 heteroatoms. The Morgan fingerprint density at radius 1 is 1.06 bits per heavy atom. The van der Waals surface area contributed by atoms with Gasteiger partial charge in [-0.1, -0.05) is 36.3 Å². The molecule has 0 radical (unpaired) electrons. The third kappa shape index (κ3) is 1.49. The van der Waals surface area contributed by atoms with Crippen LogP contribution in [0, 0.1) is 17.3 Å². The number of allylic oxidation sites excluding steroid dienone is 6. The van der Waals surface area contributed by atoms with Crippen LogP contribution in [0.1, 0.15) is 51.4 Å². The van der Waals surface area contributed by atoms with Crippen molar-refractivity contribution in [3.8, 4) is 0 Å². The predicted molar refractivity (Wildman–Crippen MR) is 71.7 cm³/mol. The van der Waals surface area contributed by atoms with Gasteiger partial charge in [0, 0.05) is 0 Å². The van der Waals surface area contributed by atoms with E-state index < -0.39 is 0 Å². The zero-order chi connectivity index (χ0) is 11.3. The topological polar surface area (TPSA) is 0 Å². The molecule has 4 rings (SSSR count). The summed E-state index contributed by atoms with van der Waals surface area (Å²) in [7, 11) is 0. The van der Waals surface area contributed by atoms with Gasteiger partial charge in [-0.3, -0.25) is 0 Å². The third-order valence-corrected chi connectivity index (χ3v) is 5.85. The summed E-state index contributed by atoms with van der Waals surface area (Å²) in [6, 6.07) is 0. The minimum atomic E-state index is 0.783. The summed E-state index contributed by atoms with van der Waals surface area (Å²) < 4.78 is 0. The maximum Gasteiger partial charge on any atom is -0.00932 e. The Morgan fingerprint density at radius 2 is 2.00 bits per heavy atom. The summed E-state index contributed by atoms with van der Waals surface area (Å²) in [6.45, 7) is 0. The molecule has 2 unspecified atom stereocenters. The zero-order valence-corrected chi connectivity index (χ0v) is 10.6. The Kier molecular flexibility index (Phi) is 2.16. The van der Waals surface area contributed by atoms with Crippen molar-refractivity contribution in [2.75, 3.05) is 0 Å². The van der Waals surface area contributed by atoms with E-state index >= 15 is 0 Å². The van der Waals surface area contributed by atoms with Gasteiger partial charge in [-0.15, -0.1) is 0 Å². The van der Waals surface area contributed by atoms with Crippen LogP contribution in [0.3, 0.4) is 0 Å². The van der Waals surface area contributed by atoms with Gasteiger partial charge in [0.05, 0.1) is 0 Å². The quantitative estimate of drug-likeness (QED) is 0.557. The molecule has 0 saturated heterocycles. The molecule has 0 aromatic heterocycles. The van der Waals surface area contributed by atoms with Crippen molar-refractivity contribution in [1.82, 2.24) is 0 Å². The van der Waals surface area contributed by atoms with Crippen LogP contribution in [-0.4, -0.2) is 0 Å². The summed E-state index contributed by atoms with van der Waals surface area (Å²) in [4.78, 5) is 0. The lowest BCUT2D eigenvalue weighted by molar-refractivity contribution is 0.0554. The standard InChI is InChI=1S/C17H22/c1-2-5-15-13(4-1)6-7-14-8-11-17(9-3-10-17)12-16(14)15/h1,4,6-7,15-16H,2-3,5,8-12H2. The van der Waals surface area contributed by atoms with Gasteiger partial charge in [-0.2, -0.15) is 0 Å². The van der Waals surface area contributed by atoms with Crippen LogP contribution < -0.4 is 0 Å². The van der Waals surface area contributed by atoms with Crippen molar-refractivity contribution in [2.45, 2.75) is 51.4 Å². The van der Waals surface area contributed by atoms with Crippen LogP contribution >= 0.6 is 0 Å². The highest BCUT2D eigenvalue weighted by molar-refractivity contribution is 5.38. The lowest BCUT2D eigenvalue weighted by Crippen LogP contribution is -2.39. The van der Waals surface area contributed by atoms with E-state index in [0.29, 0.717) is 0 Å². The summed E-state index contributed by atoms with van der Waals surface area (Å²) >= 11 is 0. The third-order valence-electron chi connectivity index (χ3n) is 5.85. The monoisotopic (exact) mass is 226 g/mol. The molecule has 0 heterocycles. The highest BCUT2D eigenvalue weighted by Gasteiger charge is 2.45. The highest BCUT2D eigenvalue weighted by Crippen LogP contribution is 2.58. The molecule has 2 fully saturated rings. The fourth-order valence-electron chi connectivity index (χ4n) is 4.63. The minimum absolute atomic E-state index is 0.783. The molecule has 2 saturated carbocycles. The van der Waals surface area contributed by atoms with Gasteiger partial charge in [0.25, 0.3) is 0 Å². The predicted octanol–water partition coefficient (Wildman–Crippen LogP) is 4.79. The Hall–Kier alpha value is -0.780. The molecular weight excluding hydrogens is 204 g/mol. The molecule has 0 bridgehead atoms. The Balaban J connectivity index is 1.66. The van der Waals surface area contributed by atoms with Crippen molar-refractivity contribution in [1.29, 1.82) is 0 Å². The average molecular weight is 226 g/mol. The number of hydrogen-bond donors (Lipinski definition) is 0. The van der Waals surface area contributed by atoms with Crippen LogP contribution in [0.4, 0.5) is 0 Å². The van der Waals surface area contributed by atoms with Gasteiger partial charge in [0.2, 0.25) is 0 Å². The van der Waals surface area contributed by atoms with E-state index in [0.717, 1.165) is 17.3 Å². The lowest BCUT2D eigenvalue weighted by Gasteiger charge is -2.51. The van der Waals surface area contributed by atoms with E-state index in [1.807, 2.05) is 0 Å². The van der Waals surface area contributed by atoms with E-state index in [1.54, 1.807) is 11.1 Å². The van der Waals surface area contributed by atoms with Crippen molar-refractivity contribution < 1.29 is 0 Å². The van der Waals surface area contributed by atoms with E-state index in [-0.39, 0.29) is 0 Å². The number of hydrogen-bond acceptors (Lipinski definition) is 0. The van der Waals surface area contributed by atoms with Crippen LogP contribution in [0.5, 0.6) is 0 Å². The average Bonchev–Trinajstić information content (AvgIpc) is 2.36. The van der Waals surface area contributed by atoms with E-state index in [1.165, 1.54) is 51.4 Å². The summed E-state index contributed by atoms with van der Waals surface area (Å²) in [5, 5.41) is 0. The van der Waals surface area contributed by atoms with Crippen LogP contribution in [0.25, 0.3) is 0 Å². The molecule has 1 spiro atoms. The van der Waals surface area contributed by atoms with Crippen molar-refractivity contribution in [3.05, 3.63) is 35.5 Å². The molecule has 4 aliphatic rings. The summed E-state index contributed by atoms with van der Waals surface area (Å²) in [5.41, 5.74) is 4.19. The first-order valence-electron chi connectivity index (χ1n) is 7.44. The maximum atomic E-state index is 2.46. The van der Waals surface area contributed by atoms with Gasteiger partial charge in [-0.25, -0.2) is 0 Å². The molecule has 2 atom stereocenters. The molecule has 0 aliphatic heterocycles. The smallest absolute Gasteiger partial charge is 0.00932 e. The maximum absolute atomic E-state index is 2.46. The summed E-state index contributed by atoms with van der Waals surface area (Å²) in [5.74, 6) is 1.78. The molecule has 0 nitrogen and oxygen atoms in total. The molecule has 4 aliphatic carbocycles. The van der Waals surface area contributed by atoms with Gasteiger partial charge in [-0.05, 0) is 67.8 Å². The van der Waals surface area contributed by atoms with Gasteiger partial charge in [0.1, 0.15) is 0 Å².